The van der Waals surface area contributed by atoms with Crippen molar-refractivity contribution in [3.63, 3.8) is 0 Å². The van der Waals surface area contributed by atoms with Gasteiger partial charge in [0.1, 0.15) is 5.75 Å². The lowest BCUT2D eigenvalue weighted by Crippen LogP contribution is -2.39. The fraction of sp³-hybridized carbons (Fsp3) is 0.562. The highest BCUT2D eigenvalue weighted by Gasteiger charge is 2.28. The number of ether oxygens (including phenoxy) is 1. The third kappa shape index (κ3) is 7.14. The van der Waals surface area contributed by atoms with E-state index in [-0.39, 0.29) is 29.7 Å². The first-order chi connectivity index (χ1) is 11.0. The van der Waals surface area contributed by atoms with Crippen LogP contribution in [0, 0.1) is 0 Å². The number of nitrogens with zero attached hydrogens (tertiary/aromatic N) is 2. The Labute approximate surface area is 157 Å². The molecule has 0 unspecified atom stereocenters. The van der Waals surface area contributed by atoms with E-state index < -0.39 is 12.8 Å². The molecule has 0 saturated carbocycles. The van der Waals surface area contributed by atoms with Gasteiger partial charge in [0.15, 0.2) is 12.6 Å². The van der Waals surface area contributed by atoms with Gasteiger partial charge in [0, 0.05) is 19.6 Å². The molecule has 136 valence electrons. The van der Waals surface area contributed by atoms with Crippen LogP contribution in [-0.4, -0.2) is 43.3 Å². The smallest absolute Gasteiger partial charge is 0.422 e. The molecule has 1 heterocycles. The van der Waals surface area contributed by atoms with Crippen LogP contribution in [0.4, 0.5) is 13.2 Å². The zero-order chi connectivity index (χ0) is 16.7. The van der Waals surface area contributed by atoms with E-state index in [0.29, 0.717) is 6.54 Å². The van der Waals surface area contributed by atoms with Gasteiger partial charge in [-0.2, -0.15) is 13.2 Å². The average molecular weight is 457 g/mol. The van der Waals surface area contributed by atoms with E-state index in [2.05, 4.69) is 15.2 Å². The molecule has 0 bridgehead atoms. The van der Waals surface area contributed by atoms with Crippen LogP contribution in [0.3, 0.4) is 0 Å². The Morgan fingerprint density at radius 3 is 2.62 bits per heavy atom. The number of hydrogen-bond donors (Lipinski definition) is 1. The second-order valence-electron chi connectivity index (χ2n) is 5.42. The summed E-state index contributed by atoms with van der Waals surface area (Å²) in [7, 11) is 0. The minimum absolute atomic E-state index is 0. The Morgan fingerprint density at radius 1 is 1.29 bits per heavy atom. The first kappa shape index (κ1) is 20.9. The summed E-state index contributed by atoms with van der Waals surface area (Å²) >= 11 is 0. The Morgan fingerprint density at radius 2 is 2.00 bits per heavy atom. The third-order valence-corrected chi connectivity index (χ3v) is 3.45. The van der Waals surface area contributed by atoms with Gasteiger partial charge in [-0.1, -0.05) is 12.1 Å². The largest absolute Gasteiger partial charge is 0.484 e. The summed E-state index contributed by atoms with van der Waals surface area (Å²) in [6.07, 6.45) is -2.02. The van der Waals surface area contributed by atoms with Gasteiger partial charge in [-0.3, -0.25) is 0 Å². The van der Waals surface area contributed by atoms with Crippen LogP contribution in [0.15, 0.2) is 29.3 Å². The number of likely N-dealkylation sites (tertiary alicyclic amines) is 1. The average Bonchev–Trinajstić information content (AvgIpc) is 3.03. The van der Waals surface area contributed by atoms with Crippen LogP contribution < -0.4 is 10.1 Å². The van der Waals surface area contributed by atoms with E-state index >= 15 is 0 Å². The standard InChI is InChI=1S/C16H22F3N3O.HI/c1-2-20-15(22-8-3-4-9-22)21-11-13-6-5-7-14(10-13)23-12-16(17,18)19;/h5-7,10H,2-4,8-9,11-12H2,1H3,(H,20,21);1H. The third-order valence-electron chi connectivity index (χ3n) is 3.45. The molecule has 1 saturated heterocycles. The lowest BCUT2D eigenvalue weighted by atomic mass is 10.2. The molecule has 0 spiro atoms. The van der Waals surface area contributed by atoms with Gasteiger partial charge in [0.2, 0.25) is 0 Å². The number of hydrogen-bond acceptors (Lipinski definition) is 2. The van der Waals surface area contributed by atoms with Crippen LogP contribution in [0.25, 0.3) is 0 Å². The van der Waals surface area contributed by atoms with Crippen molar-refractivity contribution in [3.8, 4) is 5.75 Å². The summed E-state index contributed by atoms with van der Waals surface area (Å²) in [4.78, 5) is 6.77. The molecule has 0 amide bonds. The molecule has 0 aromatic heterocycles. The zero-order valence-corrected chi connectivity index (χ0v) is 15.9. The molecule has 24 heavy (non-hydrogen) atoms. The van der Waals surface area contributed by atoms with Crippen molar-refractivity contribution >= 4 is 29.9 Å². The summed E-state index contributed by atoms with van der Waals surface area (Å²) in [6, 6.07) is 6.63. The molecule has 1 aromatic rings. The van der Waals surface area contributed by atoms with Gasteiger partial charge in [0.25, 0.3) is 0 Å². The summed E-state index contributed by atoms with van der Waals surface area (Å²) in [5, 5.41) is 3.25. The van der Waals surface area contributed by atoms with Crippen molar-refractivity contribution in [1.29, 1.82) is 0 Å². The fourth-order valence-corrected chi connectivity index (χ4v) is 2.42. The summed E-state index contributed by atoms with van der Waals surface area (Å²) in [5.74, 6) is 1.06. The molecule has 1 aromatic carbocycles. The van der Waals surface area contributed by atoms with E-state index in [1.165, 1.54) is 6.07 Å². The maximum absolute atomic E-state index is 12.2. The van der Waals surface area contributed by atoms with Crippen LogP contribution >= 0.6 is 24.0 Å². The Hall–Kier alpha value is -1.19. The normalized spacial score (nSPS) is 15.2. The molecular weight excluding hydrogens is 434 g/mol. The van der Waals surface area contributed by atoms with Gasteiger partial charge in [0.05, 0.1) is 6.54 Å². The maximum Gasteiger partial charge on any atom is 0.422 e. The van der Waals surface area contributed by atoms with Crippen molar-refractivity contribution in [2.24, 2.45) is 4.99 Å². The predicted molar refractivity (Wildman–Crippen MR) is 99.0 cm³/mol. The molecule has 1 aliphatic heterocycles. The topological polar surface area (TPSA) is 36.9 Å². The van der Waals surface area contributed by atoms with Gasteiger partial charge in [-0.05, 0) is 37.5 Å². The van der Waals surface area contributed by atoms with E-state index in [1.807, 2.05) is 13.0 Å². The Bertz CT molecular complexity index is 532. The molecule has 1 aliphatic rings. The molecule has 0 atom stereocenters. The second-order valence-corrected chi connectivity index (χ2v) is 5.42. The van der Waals surface area contributed by atoms with E-state index in [1.54, 1.807) is 12.1 Å². The van der Waals surface area contributed by atoms with Crippen LogP contribution in [-0.2, 0) is 6.54 Å². The van der Waals surface area contributed by atoms with Crippen molar-refractivity contribution < 1.29 is 17.9 Å². The highest BCUT2D eigenvalue weighted by atomic mass is 127. The van der Waals surface area contributed by atoms with E-state index in [0.717, 1.165) is 44.0 Å². The van der Waals surface area contributed by atoms with Gasteiger partial charge < -0.3 is 15.0 Å². The molecule has 1 N–H and O–H groups in total. The lowest BCUT2D eigenvalue weighted by molar-refractivity contribution is -0.153. The van der Waals surface area contributed by atoms with Crippen LogP contribution in [0.2, 0.25) is 0 Å². The first-order valence-corrected chi connectivity index (χ1v) is 7.79. The highest BCUT2D eigenvalue weighted by Crippen LogP contribution is 2.19. The van der Waals surface area contributed by atoms with Crippen LogP contribution in [0.5, 0.6) is 5.75 Å². The van der Waals surface area contributed by atoms with Crippen molar-refractivity contribution in [1.82, 2.24) is 10.2 Å². The number of benzene rings is 1. The maximum atomic E-state index is 12.2. The molecule has 4 nitrogen and oxygen atoms in total. The zero-order valence-electron chi connectivity index (χ0n) is 13.6. The number of rotatable bonds is 5. The summed E-state index contributed by atoms with van der Waals surface area (Å²) < 4.78 is 41.3. The number of halogens is 4. The molecular formula is C16H23F3IN3O. The minimum Gasteiger partial charge on any atom is -0.484 e. The fourth-order valence-electron chi connectivity index (χ4n) is 2.42. The minimum atomic E-state index is -4.33. The first-order valence-electron chi connectivity index (χ1n) is 7.79. The summed E-state index contributed by atoms with van der Waals surface area (Å²) in [5.41, 5.74) is 0.819. The Balaban J connectivity index is 0.00000288. The van der Waals surface area contributed by atoms with Crippen LogP contribution in [0.1, 0.15) is 25.3 Å². The number of nitrogens with one attached hydrogen (secondary N) is 1. The lowest BCUT2D eigenvalue weighted by Gasteiger charge is -2.20. The summed E-state index contributed by atoms with van der Waals surface area (Å²) in [6.45, 7) is 3.89. The molecule has 0 aliphatic carbocycles. The second kappa shape index (κ2) is 9.95. The molecule has 8 heteroatoms. The van der Waals surface area contributed by atoms with Gasteiger partial charge in [-0.25, -0.2) is 4.99 Å². The Kier molecular flexibility index (Phi) is 8.65. The van der Waals surface area contributed by atoms with E-state index in [4.69, 9.17) is 4.74 Å². The number of alkyl halides is 3. The number of guanidine groups is 1. The van der Waals surface area contributed by atoms with Crippen molar-refractivity contribution in [3.05, 3.63) is 29.8 Å². The molecule has 0 radical (unpaired) electrons. The van der Waals surface area contributed by atoms with Crippen molar-refractivity contribution in [2.75, 3.05) is 26.2 Å². The highest BCUT2D eigenvalue weighted by molar-refractivity contribution is 14.0. The van der Waals surface area contributed by atoms with Gasteiger partial charge >= 0.3 is 6.18 Å². The monoisotopic (exact) mass is 457 g/mol. The quantitative estimate of drug-likeness (QED) is 0.415. The number of aliphatic imine (C=N–C) groups is 1. The van der Waals surface area contributed by atoms with Crippen molar-refractivity contribution in [2.45, 2.75) is 32.5 Å². The van der Waals surface area contributed by atoms with E-state index in [9.17, 15) is 13.2 Å². The van der Waals surface area contributed by atoms with Gasteiger partial charge in [-0.15, -0.1) is 24.0 Å². The predicted octanol–water partition coefficient (Wildman–Crippen LogP) is 3.81. The molecule has 1 fully saturated rings. The molecule has 2 rings (SSSR count). The SMILES string of the molecule is CCNC(=NCc1cccc(OCC(F)(F)F)c1)N1CCCC1.I.